The third-order valence-electron chi connectivity index (χ3n) is 2.30. The Hall–Kier alpha value is -1.20. The highest BCUT2D eigenvalue weighted by Gasteiger charge is 2.06. The third kappa shape index (κ3) is 3.14. The summed E-state index contributed by atoms with van der Waals surface area (Å²) < 4.78 is 5.27. The minimum atomic E-state index is 0.564. The first kappa shape index (κ1) is 11.9. The van der Waals surface area contributed by atoms with E-state index >= 15 is 0 Å². The summed E-state index contributed by atoms with van der Waals surface area (Å²) >= 11 is 6.04. The van der Waals surface area contributed by atoms with E-state index in [2.05, 4.69) is 6.07 Å². The highest BCUT2D eigenvalue weighted by Crippen LogP contribution is 2.27. The van der Waals surface area contributed by atoms with Crippen molar-refractivity contribution in [3.05, 3.63) is 28.3 Å². The molecule has 0 saturated carbocycles. The van der Waals surface area contributed by atoms with Crippen LogP contribution in [0.1, 0.15) is 24.0 Å². The Labute approximate surface area is 95.4 Å². The molecule has 1 rings (SSSR count). The van der Waals surface area contributed by atoms with Gasteiger partial charge in [0.1, 0.15) is 5.75 Å². The standard InChI is InChI=1S/C12H14ClNO/c1-9-7-12(15-2)10(8-11(9)13)5-3-4-6-14/h7-8H,3-5H2,1-2H3. The van der Waals surface area contributed by atoms with Crippen LogP contribution in [0.3, 0.4) is 0 Å². The molecule has 0 atom stereocenters. The molecule has 0 fully saturated rings. The monoisotopic (exact) mass is 223 g/mol. The van der Waals surface area contributed by atoms with Crippen molar-refractivity contribution in [1.82, 2.24) is 0 Å². The van der Waals surface area contributed by atoms with Gasteiger partial charge >= 0.3 is 0 Å². The zero-order valence-corrected chi connectivity index (χ0v) is 9.77. The molecule has 0 aliphatic carbocycles. The molecule has 80 valence electrons. The number of rotatable bonds is 4. The number of hydrogen-bond donors (Lipinski definition) is 0. The smallest absolute Gasteiger partial charge is 0.122 e. The number of methoxy groups -OCH3 is 1. The molecule has 0 aliphatic heterocycles. The van der Waals surface area contributed by atoms with Crippen molar-refractivity contribution in [2.24, 2.45) is 0 Å². The summed E-state index contributed by atoms with van der Waals surface area (Å²) in [5.41, 5.74) is 2.08. The molecular formula is C12H14ClNO. The minimum absolute atomic E-state index is 0.564. The van der Waals surface area contributed by atoms with Crippen molar-refractivity contribution in [2.75, 3.05) is 7.11 Å². The molecule has 0 spiro atoms. The normalized spacial score (nSPS) is 9.73. The van der Waals surface area contributed by atoms with Crippen molar-refractivity contribution in [3.8, 4) is 11.8 Å². The molecule has 0 amide bonds. The summed E-state index contributed by atoms with van der Waals surface area (Å²) in [5.74, 6) is 0.856. The number of halogens is 1. The van der Waals surface area contributed by atoms with Gasteiger partial charge in [-0.05, 0) is 43.0 Å². The van der Waals surface area contributed by atoms with E-state index in [9.17, 15) is 0 Å². The van der Waals surface area contributed by atoms with E-state index in [4.69, 9.17) is 21.6 Å². The van der Waals surface area contributed by atoms with Gasteiger partial charge in [0, 0.05) is 11.4 Å². The van der Waals surface area contributed by atoms with Crippen molar-refractivity contribution in [1.29, 1.82) is 5.26 Å². The van der Waals surface area contributed by atoms with E-state index in [1.807, 2.05) is 19.1 Å². The quantitative estimate of drug-likeness (QED) is 0.732. The molecule has 0 heterocycles. The van der Waals surface area contributed by atoms with Gasteiger partial charge in [0.2, 0.25) is 0 Å². The van der Waals surface area contributed by atoms with Crippen molar-refractivity contribution >= 4 is 11.6 Å². The lowest BCUT2D eigenvalue weighted by Crippen LogP contribution is -1.94. The topological polar surface area (TPSA) is 33.0 Å². The molecule has 1 aromatic carbocycles. The summed E-state index contributed by atoms with van der Waals surface area (Å²) in [5, 5.41) is 9.21. The summed E-state index contributed by atoms with van der Waals surface area (Å²) in [4.78, 5) is 0. The van der Waals surface area contributed by atoms with E-state index in [0.29, 0.717) is 6.42 Å². The lowest BCUT2D eigenvalue weighted by molar-refractivity contribution is 0.409. The molecule has 0 unspecified atom stereocenters. The average molecular weight is 224 g/mol. The van der Waals surface area contributed by atoms with Crippen molar-refractivity contribution in [2.45, 2.75) is 26.2 Å². The third-order valence-corrected chi connectivity index (χ3v) is 2.70. The number of aryl methyl sites for hydroxylation is 2. The first-order valence-corrected chi connectivity index (χ1v) is 5.26. The van der Waals surface area contributed by atoms with Crippen LogP contribution in [0, 0.1) is 18.3 Å². The number of hydrogen-bond acceptors (Lipinski definition) is 2. The second-order valence-electron chi connectivity index (χ2n) is 3.42. The Balaban J connectivity index is 2.86. The van der Waals surface area contributed by atoms with Gasteiger partial charge in [-0.15, -0.1) is 0 Å². The zero-order chi connectivity index (χ0) is 11.3. The number of benzene rings is 1. The fourth-order valence-corrected chi connectivity index (χ4v) is 1.63. The lowest BCUT2D eigenvalue weighted by atomic mass is 10.1. The van der Waals surface area contributed by atoms with E-state index in [-0.39, 0.29) is 0 Å². The first-order valence-electron chi connectivity index (χ1n) is 4.89. The minimum Gasteiger partial charge on any atom is -0.496 e. The molecule has 0 N–H and O–H groups in total. The van der Waals surface area contributed by atoms with E-state index < -0.39 is 0 Å². The van der Waals surface area contributed by atoms with Crippen LogP contribution < -0.4 is 4.74 Å². The van der Waals surface area contributed by atoms with Crippen LogP contribution in [-0.4, -0.2) is 7.11 Å². The molecule has 0 saturated heterocycles. The molecule has 0 bridgehead atoms. The van der Waals surface area contributed by atoms with Crippen molar-refractivity contribution < 1.29 is 4.74 Å². The maximum absolute atomic E-state index is 8.46. The molecule has 0 radical (unpaired) electrons. The summed E-state index contributed by atoms with van der Waals surface area (Å²) in [6, 6.07) is 5.99. The van der Waals surface area contributed by atoms with Crippen LogP contribution in [0.2, 0.25) is 5.02 Å². The van der Waals surface area contributed by atoms with Gasteiger partial charge in [-0.3, -0.25) is 0 Å². The Kier molecular flexibility index (Phi) is 4.45. The maximum Gasteiger partial charge on any atom is 0.122 e. The molecule has 1 aromatic rings. The van der Waals surface area contributed by atoms with Crippen LogP contribution in [0.5, 0.6) is 5.75 Å². The molecule has 0 aromatic heterocycles. The van der Waals surface area contributed by atoms with E-state index in [1.165, 1.54) is 0 Å². The molecule has 2 nitrogen and oxygen atoms in total. The van der Waals surface area contributed by atoms with Crippen LogP contribution >= 0.6 is 11.6 Å². The zero-order valence-electron chi connectivity index (χ0n) is 9.01. The SMILES string of the molecule is COc1cc(C)c(Cl)cc1CCCC#N. The fourth-order valence-electron chi connectivity index (χ4n) is 1.44. The highest BCUT2D eigenvalue weighted by molar-refractivity contribution is 6.31. The predicted octanol–water partition coefficient (Wildman–Crippen LogP) is 3.50. The Morgan fingerprint density at radius 2 is 2.20 bits per heavy atom. The van der Waals surface area contributed by atoms with Gasteiger partial charge in [-0.2, -0.15) is 5.26 Å². The molecular weight excluding hydrogens is 210 g/mol. The number of nitriles is 1. The summed E-state index contributed by atoms with van der Waals surface area (Å²) in [6.07, 6.45) is 2.23. The van der Waals surface area contributed by atoms with Gasteiger partial charge in [-0.25, -0.2) is 0 Å². The van der Waals surface area contributed by atoms with Gasteiger partial charge in [0.05, 0.1) is 13.2 Å². The highest BCUT2D eigenvalue weighted by atomic mass is 35.5. The van der Waals surface area contributed by atoms with Gasteiger partial charge < -0.3 is 4.74 Å². The lowest BCUT2D eigenvalue weighted by Gasteiger charge is -2.10. The molecule has 3 heteroatoms. The first-order chi connectivity index (χ1) is 7.19. The summed E-state index contributed by atoms with van der Waals surface area (Å²) in [6.45, 7) is 1.95. The molecule has 15 heavy (non-hydrogen) atoms. The van der Waals surface area contributed by atoms with E-state index in [1.54, 1.807) is 7.11 Å². The number of unbranched alkanes of at least 4 members (excludes halogenated alkanes) is 1. The maximum atomic E-state index is 8.46. The van der Waals surface area contributed by atoms with Crippen LogP contribution in [0.25, 0.3) is 0 Å². The predicted molar refractivity (Wildman–Crippen MR) is 61.3 cm³/mol. The largest absolute Gasteiger partial charge is 0.496 e. The van der Waals surface area contributed by atoms with Crippen LogP contribution in [0.15, 0.2) is 12.1 Å². The average Bonchev–Trinajstić information content (AvgIpc) is 2.23. The second-order valence-corrected chi connectivity index (χ2v) is 3.83. The van der Waals surface area contributed by atoms with Crippen LogP contribution in [0.4, 0.5) is 0 Å². The number of nitrogens with zero attached hydrogens (tertiary/aromatic N) is 1. The molecule has 0 aliphatic rings. The van der Waals surface area contributed by atoms with Gasteiger partial charge in [-0.1, -0.05) is 11.6 Å². The van der Waals surface area contributed by atoms with Crippen LogP contribution in [-0.2, 0) is 6.42 Å². The van der Waals surface area contributed by atoms with E-state index in [0.717, 1.165) is 34.7 Å². The van der Waals surface area contributed by atoms with Gasteiger partial charge in [0.25, 0.3) is 0 Å². The fraction of sp³-hybridized carbons (Fsp3) is 0.417. The second kappa shape index (κ2) is 5.63. The Bertz CT molecular complexity index is 382. The Morgan fingerprint density at radius 1 is 1.47 bits per heavy atom. The van der Waals surface area contributed by atoms with Crippen molar-refractivity contribution in [3.63, 3.8) is 0 Å². The summed E-state index contributed by atoms with van der Waals surface area (Å²) in [7, 11) is 1.65. The number of ether oxygens (including phenoxy) is 1. The Morgan fingerprint density at radius 3 is 2.80 bits per heavy atom. The van der Waals surface area contributed by atoms with Gasteiger partial charge in [0.15, 0.2) is 0 Å².